The van der Waals surface area contributed by atoms with Gasteiger partial charge in [0, 0.05) is 18.8 Å². The van der Waals surface area contributed by atoms with Crippen molar-refractivity contribution in [3.05, 3.63) is 18.0 Å². The molecule has 1 aromatic heterocycles. The van der Waals surface area contributed by atoms with E-state index in [0.29, 0.717) is 6.42 Å². The van der Waals surface area contributed by atoms with Gasteiger partial charge >= 0.3 is 6.18 Å². The topological polar surface area (TPSA) is 93.1 Å². The quantitative estimate of drug-likeness (QED) is 0.774. The molecule has 1 fully saturated rings. The summed E-state index contributed by atoms with van der Waals surface area (Å²) in [7, 11) is -3.32. The Morgan fingerprint density at radius 3 is 2.71 bits per heavy atom. The predicted octanol–water partition coefficient (Wildman–Crippen LogP) is 0.736. The van der Waals surface area contributed by atoms with Gasteiger partial charge in [0.1, 0.15) is 6.54 Å². The van der Waals surface area contributed by atoms with Crippen LogP contribution in [0, 0.1) is 5.92 Å². The second-order valence-electron chi connectivity index (χ2n) is 5.89. The van der Waals surface area contributed by atoms with E-state index in [0.717, 1.165) is 36.0 Å². The number of halogens is 3. The smallest absolute Gasteiger partial charge is 0.354 e. The van der Waals surface area contributed by atoms with Crippen molar-refractivity contribution in [1.29, 1.82) is 0 Å². The lowest BCUT2D eigenvalue weighted by Crippen LogP contribution is -2.42. The number of hydrogen-bond acceptors (Lipinski definition) is 4. The van der Waals surface area contributed by atoms with Crippen molar-refractivity contribution in [2.24, 2.45) is 5.92 Å². The van der Waals surface area contributed by atoms with Gasteiger partial charge in [-0.2, -0.15) is 18.3 Å². The van der Waals surface area contributed by atoms with Crippen LogP contribution in [0.1, 0.15) is 25.0 Å². The Labute approximate surface area is 137 Å². The van der Waals surface area contributed by atoms with Crippen LogP contribution in [0.3, 0.4) is 0 Å². The van der Waals surface area contributed by atoms with Gasteiger partial charge in [-0.1, -0.05) is 6.42 Å². The molecule has 1 saturated carbocycles. The fourth-order valence-electron chi connectivity index (χ4n) is 2.76. The Balaban J connectivity index is 1.83. The number of aromatic nitrogens is 2. The summed E-state index contributed by atoms with van der Waals surface area (Å²) in [4.78, 5) is 11.8. The molecule has 2 N–H and O–H groups in total. The number of rotatable bonds is 6. The summed E-state index contributed by atoms with van der Waals surface area (Å²) >= 11 is 0. The monoisotopic (exact) mass is 368 g/mol. The molecular formula is C13H19F3N4O3S. The van der Waals surface area contributed by atoms with E-state index in [1.807, 2.05) is 0 Å². The molecule has 24 heavy (non-hydrogen) atoms. The molecule has 11 heteroatoms. The van der Waals surface area contributed by atoms with Crippen LogP contribution in [0.5, 0.6) is 0 Å². The summed E-state index contributed by atoms with van der Waals surface area (Å²) < 4.78 is 63.4. The first-order chi connectivity index (χ1) is 11.0. The summed E-state index contributed by atoms with van der Waals surface area (Å²) in [5, 5.41) is 5.92. The molecule has 1 aliphatic carbocycles. The van der Waals surface area contributed by atoms with Crippen molar-refractivity contribution in [3.8, 4) is 0 Å². The number of nitrogens with one attached hydrogen (secondary N) is 2. The number of carbonyl (C=O) groups excluding carboxylic acids is 1. The zero-order valence-electron chi connectivity index (χ0n) is 13.0. The van der Waals surface area contributed by atoms with E-state index in [1.165, 1.54) is 0 Å². The Kier molecular flexibility index (Phi) is 5.53. The molecule has 1 aliphatic rings. The van der Waals surface area contributed by atoms with Crippen molar-refractivity contribution in [1.82, 2.24) is 19.8 Å². The molecule has 0 saturated heterocycles. The summed E-state index contributed by atoms with van der Waals surface area (Å²) in [5.41, 5.74) is -1.05. The first-order valence-electron chi connectivity index (χ1n) is 7.39. The lowest BCUT2D eigenvalue weighted by atomic mass is 10.0. The SMILES string of the molecule is CS(=O)(=O)NC1CCCC1CNC(=O)Cn1ccc(C(F)(F)F)n1. The maximum absolute atomic E-state index is 12.4. The van der Waals surface area contributed by atoms with Crippen LogP contribution in [0.4, 0.5) is 13.2 Å². The molecule has 2 unspecified atom stereocenters. The molecule has 0 spiro atoms. The molecule has 7 nitrogen and oxygen atoms in total. The minimum absolute atomic E-state index is 0.0352. The van der Waals surface area contributed by atoms with Crippen LogP contribution in [0.25, 0.3) is 0 Å². The first-order valence-corrected chi connectivity index (χ1v) is 9.28. The molecule has 0 bridgehead atoms. The number of alkyl halides is 3. The molecular weight excluding hydrogens is 349 g/mol. The standard InChI is InChI=1S/C13H19F3N4O3S/c1-24(22,23)19-10-4-2-3-9(10)7-17-12(21)8-20-6-5-11(18-20)13(14,15)16/h5-6,9-10,19H,2-4,7-8H2,1H3,(H,17,21). The summed E-state index contributed by atoms with van der Waals surface area (Å²) in [6.07, 6.45) is -0.0595. The highest BCUT2D eigenvalue weighted by molar-refractivity contribution is 7.88. The van der Waals surface area contributed by atoms with Gasteiger partial charge in [-0.05, 0) is 24.8 Å². The first kappa shape index (κ1) is 18.7. The molecule has 136 valence electrons. The normalized spacial score (nSPS) is 21.8. The number of amides is 1. The molecule has 2 atom stereocenters. The van der Waals surface area contributed by atoms with Crippen molar-refractivity contribution in [2.75, 3.05) is 12.8 Å². The van der Waals surface area contributed by atoms with Gasteiger partial charge in [-0.3, -0.25) is 9.48 Å². The Morgan fingerprint density at radius 1 is 1.42 bits per heavy atom. The second kappa shape index (κ2) is 7.09. The van der Waals surface area contributed by atoms with Gasteiger partial charge in [0.25, 0.3) is 0 Å². The van der Waals surface area contributed by atoms with Gasteiger partial charge in [0.2, 0.25) is 15.9 Å². The van der Waals surface area contributed by atoms with E-state index < -0.39 is 27.8 Å². The molecule has 0 aliphatic heterocycles. The van der Waals surface area contributed by atoms with Gasteiger partial charge in [0.05, 0.1) is 6.26 Å². The summed E-state index contributed by atoms with van der Waals surface area (Å²) in [6.45, 7) is -0.0631. The van der Waals surface area contributed by atoms with Crippen molar-refractivity contribution < 1.29 is 26.4 Å². The van der Waals surface area contributed by atoms with Gasteiger partial charge in [0.15, 0.2) is 5.69 Å². The number of hydrogen-bond donors (Lipinski definition) is 2. The zero-order valence-corrected chi connectivity index (χ0v) is 13.8. The minimum atomic E-state index is -4.55. The molecule has 0 aromatic carbocycles. The molecule has 1 amide bonds. The highest BCUT2D eigenvalue weighted by atomic mass is 32.2. The number of carbonyl (C=O) groups is 1. The average molecular weight is 368 g/mol. The van der Waals surface area contributed by atoms with Crippen LogP contribution < -0.4 is 10.0 Å². The lowest BCUT2D eigenvalue weighted by Gasteiger charge is -2.20. The molecule has 2 rings (SSSR count). The van der Waals surface area contributed by atoms with Gasteiger partial charge < -0.3 is 5.32 Å². The third kappa shape index (κ3) is 5.48. The van der Waals surface area contributed by atoms with E-state index in [-0.39, 0.29) is 25.0 Å². The largest absolute Gasteiger partial charge is 0.435 e. The van der Waals surface area contributed by atoms with E-state index >= 15 is 0 Å². The highest BCUT2D eigenvalue weighted by Crippen LogP contribution is 2.27. The Bertz CT molecular complexity index is 687. The average Bonchev–Trinajstić information content (AvgIpc) is 3.03. The summed E-state index contributed by atoms with van der Waals surface area (Å²) in [6, 6.07) is 0.567. The fourth-order valence-corrected chi connectivity index (χ4v) is 3.62. The lowest BCUT2D eigenvalue weighted by molar-refractivity contribution is -0.141. The minimum Gasteiger partial charge on any atom is -0.354 e. The van der Waals surface area contributed by atoms with Crippen LogP contribution in [-0.4, -0.2) is 42.9 Å². The van der Waals surface area contributed by atoms with Gasteiger partial charge in [-0.15, -0.1) is 0 Å². The van der Waals surface area contributed by atoms with Crippen molar-refractivity contribution >= 4 is 15.9 Å². The maximum Gasteiger partial charge on any atom is 0.435 e. The number of sulfonamides is 1. The third-order valence-electron chi connectivity index (χ3n) is 3.82. The summed E-state index contributed by atoms with van der Waals surface area (Å²) in [5.74, 6) is -0.510. The fraction of sp³-hybridized carbons (Fsp3) is 0.692. The predicted molar refractivity (Wildman–Crippen MR) is 79.3 cm³/mol. The zero-order chi connectivity index (χ0) is 18.0. The molecule has 0 radical (unpaired) electrons. The van der Waals surface area contributed by atoms with E-state index in [4.69, 9.17) is 0 Å². The van der Waals surface area contributed by atoms with E-state index in [9.17, 15) is 26.4 Å². The van der Waals surface area contributed by atoms with E-state index in [1.54, 1.807) is 0 Å². The maximum atomic E-state index is 12.4. The Morgan fingerprint density at radius 2 is 2.12 bits per heavy atom. The van der Waals surface area contributed by atoms with Crippen molar-refractivity contribution in [2.45, 2.75) is 38.0 Å². The van der Waals surface area contributed by atoms with Crippen LogP contribution in [0.15, 0.2) is 12.3 Å². The number of nitrogens with zero attached hydrogens (tertiary/aromatic N) is 2. The van der Waals surface area contributed by atoms with Crippen LogP contribution in [-0.2, 0) is 27.5 Å². The van der Waals surface area contributed by atoms with Gasteiger partial charge in [-0.25, -0.2) is 13.1 Å². The Hall–Kier alpha value is -1.62. The van der Waals surface area contributed by atoms with E-state index in [2.05, 4.69) is 15.1 Å². The van der Waals surface area contributed by atoms with Crippen LogP contribution >= 0.6 is 0 Å². The third-order valence-corrected chi connectivity index (χ3v) is 4.55. The van der Waals surface area contributed by atoms with Crippen molar-refractivity contribution in [3.63, 3.8) is 0 Å². The molecule has 1 heterocycles. The van der Waals surface area contributed by atoms with Crippen LogP contribution in [0.2, 0.25) is 0 Å². The second-order valence-corrected chi connectivity index (χ2v) is 7.67. The highest BCUT2D eigenvalue weighted by Gasteiger charge is 2.33. The molecule has 1 aromatic rings.